The van der Waals surface area contributed by atoms with Crippen molar-refractivity contribution in [3.05, 3.63) is 164 Å². The van der Waals surface area contributed by atoms with Gasteiger partial charge in [-0.2, -0.15) is 0 Å². The summed E-state index contributed by atoms with van der Waals surface area (Å²) in [5, 5.41) is 8.05. The van der Waals surface area contributed by atoms with E-state index < -0.39 is 0 Å². The Kier molecular flexibility index (Phi) is 7.44. The predicted octanol–water partition coefficient (Wildman–Crippen LogP) is 11.7. The zero-order chi connectivity index (χ0) is 34.3. The minimum Gasteiger partial charge on any atom is -0.262 e. The third-order valence-electron chi connectivity index (χ3n) is 9.51. The fourth-order valence-corrected chi connectivity index (χ4v) is 7.09. The van der Waals surface area contributed by atoms with E-state index in [1.165, 1.54) is 21.7 Å². The number of pyridine rings is 4. The number of nitrogens with zero attached hydrogens (tertiary/aromatic N) is 5. The Labute approximate surface area is 295 Å². The third-order valence-corrected chi connectivity index (χ3v) is 9.51. The molecule has 0 radical (unpaired) electrons. The number of rotatable bonds is 6. The predicted molar refractivity (Wildman–Crippen MR) is 214 cm³/mol. The number of hydrogen-bond acceptors (Lipinski definition) is 5. The molecule has 0 bridgehead atoms. The number of allylic oxidation sites excluding steroid dienone is 3. The van der Waals surface area contributed by atoms with Gasteiger partial charge in [0.2, 0.25) is 0 Å². The molecule has 0 N–H and O–H groups in total. The SMILES string of the molecule is C=N/C(=C\C=C/C)c1cc(-c2ccc3c(ccc4cc(-c5c6ccccc6nc6c5ccc5cccnc56)ccc43)c2)cc(-c2ccccn2)n1. The van der Waals surface area contributed by atoms with Crippen LogP contribution in [-0.4, -0.2) is 26.7 Å². The van der Waals surface area contributed by atoms with Crippen LogP contribution in [0.4, 0.5) is 0 Å². The van der Waals surface area contributed by atoms with Crippen molar-refractivity contribution in [3.8, 4) is 33.6 Å². The second kappa shape index (κ2) is 12.6. The Morgan fingerprint density at radius 3 is 2.12 bits per heavy atom. The van der Waals surface area contributed by atoms with Crippen LogP contribution in [0.25, 0.3) is 93.6 Å². The molecule has 9 rings (SSSR count). The molecule has 4 heterocycles. The average molecular weight is 654 g/mol. The van der Waals surface area contributed by atoms with E-state index in [0.29, 0.717) is 5.70 Å². The molecule has 5 aromatic carbocycles. The maximum atomic E-state index is 5.10. The molecule has 0 saturated carbocycles. The molecule has 0 aliphatic heterocycles. The van der Waals surface area contributed by atoms with Gasteiger partial charge in [0.15, 0.2) is 0 Å². The lowest BCUT2D eigenvalue weighted by Gasteiger charge is -2.14. The van der Waals surface area contributed by atoms with Crippen LogP contribution in [0.1, 0.15) is 12.6 Å². The van der Waals surface area contributed by atoms with Crippen LogP contribution in [-0.2, 0) is 0 Å². The summed E-state index contributed by atoms with van der Waals surface area (Å²) in [5.74, 6) is 0. The molecule has 4 aromatic heterocycles. The zero-order valence-corrected chi connectivity index (χ0v) is 28.0. The smallest absolute Gasteiger partial charge is 0.0978 e. The summed E-state index contributed by atoms with van der Waals surface area (Å²) in [6.45, 7) is 5.79. The summed E-state index contributed by atoms with van der Waals surface area (Å²) in [5.41, 5.74) is 10.3. The first-order valence-corrected chi connectivity index (χ1v) is 17.0. The second-order valence-electron chi connectivity index (χ2n) is 12.6. The molecule has 0 amide bonds. The molecule has 0 spiro atoms. The van der Waals surface area contributed by atoms with Gasteiger partial charge in [-0.05, 0) is 106 Å². The van der Waals surface area contributed by atoms with Crippen LogP contribution in [0, 0.1) is 0 Å². The van der Waals surface area contributed by atoms with E-state index in [-0.39, 0.29) is 0 Å². The molecule has 0 unspecified atom stereocenters. The van der Waals surface area contributed by atoms with E-state index in [9.17, 15) is 0 Å². The first-order valence-electron chi connectivity index (χ1n) is 17.0. The highest BCUT2D eigenvalue weighted by Crippen LogP contribution is 2.39. The maximum absolute atomic E-state index is 5.10. The van der Waals surface area contributed by atoms with E-state index >= 15 is 0 Å². The lowest BCUT2D eigenvalue weighted by Crippen LogP contribution is -1.95. The van der Waals surface area contributed by atoms with E-state index in [1.807, 2.05) is 61.7 Å². The Hall–Kier alpha value is -6.85. The molecule has 5 nitrogen and oxygen atoms in total. The van der Waals surface area contributed by atoms with Gasteiger partial charge >= 0.3 is 0 Å². The van der Waals surface area contributed by atoms with Gasteiger partial charge in [-0.25, -0.2) is 9.97 Å². The van der Waals surface area contributed by atoms with Crippen LogP contribution in [0.3, 0.4) is 0 Å². The molecular weight excluding hydrogens is 623 g/mol. The largest absolute Gasteiger partial charge is 0.262 e. The highest BCUT2D eigenvalue weighted by Gasteiger charge is 2.16. The Morgan fingerprint density at radius 1 is 0.569 bits per heavy atom. The van der Waals surface area contributed by atoms with E-state index in [2.05, 4.69) is 114 Å². The van der Waals surface area contributed by atoms with Gasteiger partial charge in [0, 0.05) is 34.1 Å². The van der Waals surface area contributed by atoms with Gasteiger partial charge in [-0.3, -0.25) is 15.0 Å². The van der Waals surface area contributed by atoms with Crippen molar-refractivity contribution in [1.82, 2.24) is 19.9 Å². The highest BCUT2D eigenvalue weighted by molar-refractivity contribution is 6.17. The standard InChI is InChI=1S/C46H31N5/c1-3-4-12-40(47-2)42-27-34(28-43(50-42)41-14-7-8-23-48-41)30-18-20-35-31(25-30)15-16-32-26-33(19-21-36(32)35)44-37-11-5-6-13-39(37)51-46-38(44)22-17-29-10-9-24-49-45(29)46/h3-28H,2H2,1H3/b4-3-,40-12-. The van der Waals surface area contributed by atoms with Crippen molar-refractivity contribution in [1.29, 1.82) is 0 Å². The Balaban J connectivity index is 1.19. The first kappa shape index (κ1) is 30.2. The molecular formula is C46H31N5. The second-order valence-corrected chi connectivity index (χ2v) is 12.6. The van der Waals surface area contributed by atoms with Gasteiger partial charge in [0.05, 0.1) is 39.3 Å². The normalized spacial score (nSPS) is 12.1. The summed E-state index contributed by atoms with van der Waals surface area (Å²) in [6, 6.07) is 44.7. The molecule has 0 atom stereocenters. The fraction of sp³-hybridized carbons (Fsp3) is 0.0217. The number of benzene rings is 5. The zero-order valence-electron chi connectivity index (χ0n) is 28.0. The van der Waals surface area contributed by atoms with E-state index in [4.69, 9.17) is 15.0 Å². The van der Waals surface area contributed by atoms with Crippen molar-refractivity contribution in [2.75, 3.05) is 0 Å². The molecule has 9 aromatic rings. The van der Waals surface area contributed by atoms with Gasteiger partial charge in [-0.1, -0.05) is 91.0 Å². The number of hydrogen-bond donors (Lipinski definition) is 0. The summed E-state index contributed by atoms with van der Waals surface area (Å²) < 4.78 is 0. The first-order chi connectivity index (χ1) is 25.2. The summed E-state index contributed by atoms with van der Waals surface area (Å²) in [6.07, 6.45) is 9.47. The Bertz CT molecular complexity index is 2890. The van der Waals surface area contributed by atoms with Crippen molar-refractivity contribution in [2.45, 2.75) is 6.92 Å². The molecule has 0 saturated heterocycles. The van der Waals surface area contributed by atoms with Gasteiger partial charge in [0.1, 0.15) is 0 Å². The average Bonchev–Trinajstić information content (AvgIpc) is 3.20. The van der Waals surface area contributed by atoms with Crippen molar-refractivity contribution >= 4 is 66.7 Å². The van der Waals surface area contributed by atoms with Crippen LogP contribution in [0.5, 0.6) is 0 Å². The summed E-state index contributed by atoms with van der Waals surface area (Å²) in [4.78, 5) is 23.6. The van der Waals surface area contributed by atoms with Gasteiger partial charge in [-0.15, -0.1) is 0 Å². The maximum Gasteiger partial charge on any atom is 0.0978 e. The lowest BCUT2D eigenvalue weighted by molar-refractivity contribution is 1.21. The molecule has 0 fully saturated rings. The monoisotopic (exact) mass is 653 g/mol. The topological polar surface area (TPSA) is 63.9 Å². The summed E-state index contributed by atoms with van der Waals surface area (Å²) in [7, 11) is 0. The highest BCUT2D eigenvalue weighted by atomic mass is 14.8. The Morgan fingerprint density at radius 2 is 1.31 bits per heavy atom. The quantitative estimate of drug-likeness (QED) is 0.0775. The van der Waals surface area contributed by atoms with Crippen LogP contribution in [0.2, 0.25) is 0 Å². The van der Waals surface area contributed by atoms with Crippen LogP contribution in [0.15, 0.2) is 163 Å². The number of aliphatic imine (C=N–C) groups is 1. The number of aromatic nitrogens is 4. The lowest BCUT2D eigenvalue weighted by atomic mass is 9.92. The molecule has 51 heavy (non-hydrogen) atoms. The molecule has 0 aliphatic carbocycles. The van der Waals surface area contributed by atoms with Crippen LogP contribution >= 0.6 is 0 Å². The van der Waals surface area contributed by atoms with E-state index in [1.54, 1.807) is 6.20 Å². The third kappa shape index (κ3) is 5.32. The van der Waals surface area contributed by atoms with Gasteiger partial charge in [0.25, 0.3) is 0 Å². The van der Waals surface area contributed by atoms with Crippen LogP contribution < -0.4 is 0 Å². The van der Waals surface area contributed by atoms with Gasteiger partial charge < -0.3 is 0 Å². The van der Waals surface area contributed by atoms with Crippen molar-refractivity contribution in [3.63, 3.8) is 0 Å². The number of para-hydroxylation sites is 1. The minimum absolute atomic E-state index is 0.703. The molecule has 5 heteroatoms. The fourth-order valence-electron chi connectivity index (χ4n) is 7.09. The van der Waals surface area contributed by atoms with Crippen molar-refractivity contribution in [2.24, 2.45) is 4.99 Å². The summed E-state index contributed by atoms with van der Waals surface area (Å²) >= 11 is 0. The van der Waals surface area contributed by atoms with E-state index in [0.717, 1.165) is 71.9 Å². The van der Waals surface area contributed by atoms with Crippen molar-refractivity contribution < 1.29 is 0 Å². The molecule has 240 valence electrons. The molecule has 0 aliphatic rings. The minimum atomic E-state index is 0.703. The number of fused-ring (bicyclic) bond motifs is 7.